The fraction of sp³-hybridized carbons (Fsp3) is 0.304. The molecule has 0 spiro atoms. The smallest absolute Gasteiger partial charge is 0.331 e. The van der Waals surface area contributed by atoms with E-state index in [1.807, 2.05) is 37.3 Å². The molecule has 0 heterocycles. The normalized spacial score (nSPS) is 11.7. The van der Waals surface area contributed by atoms with E-state index in [-0.39, 0.29) is 12.5 Å². The van der Waals surface area contributed by atoms with E-state index in [1.165, 1.54) is 13.2 Å². The SMILES string of the molecule is CCCC(=O)NCC(OC(=O)/C=C/c1ccccc1)c1ccc(OC)c(OC)c1. The van der Waals surface area contributed by atoms with Gasteiger partial charge in [-0.2, -0.15) is 0 Å². The van der Waals surface area contributed by atoms with Crippen molar-refractivity contribution in [2.24, 2.45) is 0 Å². The molecule has 0 aliphatic rings. The predicted octanol–water partition coefficient (Wildman–Crippen LogP) is 3.92. The standard InChI is InChI=1S/C23H27NO5/c1-4-8-22(25)24-16-21(18-12-13-19(27-2)20(15-18)28-3)29-23(26)14-11-17-9-6-5-7-10-17/h5-7,9-15,21H,4,8,16H2,1-3H3,(H,24,25)/b14-11+. The first-order valence-electron chi connectivity index (χ1n) is 9.49. The third kappa shape index (κ3) is 6.99. The summed E-state index contributed by atoms with van der Waals surface area (Å²) in [6.45, 7) is 2.10. The Labute approximate surface area is 171 Å². The molecule has 0 fully saturated rings. The van der Waals surface area contributed by atoms with Gasteiger partial charge in [-0.1, -0.05) is 43.3 Å². The molecule has 154 valence electrons. The molecule has 0 saturated carbocycles. The zero-order chi connectivity index (χ0) is 21.1. The summed E-state index contributed by atoms with van der Waals surface area (Å²) in [5.74, 6) is 0.498. The van der Waals surface area contributed by atoms with Gasteiger partial charge >= 0.3 is 5.97 Å². The molecule has 1 atom stereocenters. The van der Waals surface area contributed by atoms with E-state index in [9.17, 15) is 9.59 Å². The van der Waals surface area contributed by atoms with Crippen LogP contribution in [0.3, 0.4) is 0 Å². The van der Waals surface area contributed by atoms with E-state index in [0.717, 1.165) is 12.0 Å². The molecule has 0 aliphatic carbocycles. The lowest BCUT2D eigenvalue weighted by Crippen LogP contribution is -2.30. The molecule has 6 heteroatoms. The zero-order valence-corrected chi connectivity index (χ0v) is 17.0. The summed E-state index contributed by atoms with van der Waals surface area (Å²) in [6.07, 6.45) is 3.55. The van der Waals surface area contributed by atoms with Crippen molar-refractivity contribution in [3.8, 4) is 11.5 Å². The monoisotopic (exact) mass is 397 g/mol. The molecular weight excluding hydrogens is 370 g/mol. The number of rotatable bonds is 10. The van der Waals surface area contributed by atoms with Crippen molar-refractivity contribution >= 4 is 18.0 Å². The first kappa shape index (κ1) is 22.0. The van der Waals surface area contributed by atoms with Crippen LogP contribution >= 0.6 is 0 Å². The maximum absolute atomic E-state index is 12.4. The van der Waals surface area contributed by atoms with Gasteiger partial charge in [0.15, 0.2) is 11.5 Å². The molecule has 29 heavy (non-hydrogen) atoms. The van der Waals surface area contributed by atoms with E-state index >= 15 is 0 Å². The molecule has 0 saturated heterocycles. The van der Waals surface area contributed by atoms with Crippen LogP contribution in [0.25, 0.3) is 6.08 Å². The number of hydrogen-bond donors (Lipinski definition) is 1. The van der Waals surface area contributed by atoms with Gasteiger partial charge in [-0.15, -0.1) is 0 Å². The van der Waals surface area contributed by atoms with Crippen molar-refractivity contribution in [1.29, 1.82) is 0 Å². The van der Waals surface area contributed by atoms with Crippen LogP contribution in [0.5, 0.6) is 11.5 Å². The summed E-state index contributed by atoms with van der Waals surface area (Å²) in [7, 11) is 3.09. The van der Waals surface area contributed by atoms with E-state index in [2.05, 4.69) is 5.32 Å². The maximum atomic E-state index is 12.4. The third-order valence-corrected chi connectivity index (χ3v) is 4.21. The summed E-state index contributed by atoms with van der Waals surface area (Å²) < 4.78 is 16.2. The zero-order valence-electron chi connectivity index (χ0n) is 17.0. The summed E-state index contributed by atoms with van der Waals surface area (Å²) >= 11 is 0. The van der Waals surface area contributed by atoms with Crippen molar-refractivity contribution in [2.45, 2.75) is 25.9 Å². The number of nitrogens with one attached hydrogen (secondary N) is 1. The van der Waals surface area contributed by atoms with E-state index in [4.69, 9.17) is 14.2 Å². The summed E-state index contributed by atoms with van der Waals surface area (Å²) in [5.41, 5.74) is 1.59. The highest BCUT2D eigenvalue weighted by Gasteiger charge is 2.19. The highest BCUT2D eigenvalue weighted by atomic mass is 16.5. The number of hydrogen-bond acceptors (Lipinski definition) is 5. The second-order valence-corrected chi connectivity index (χ2v) is 6.34. The summed E-state index contributed by atoms with van der Waals surface area (Å²) in [5, 5.41) is 2.82. The van der Waals surface area contributed by atoms with Crippen molar-refractivity contribution in [1.82, 2.24) is 5.32 Å². The quantitative estimate of drug-likeness (QED) is 0.486. The minimum atomic E-state index is -0.663. The van der Waals surface area contributed by atoms with Crippen LogP contribution in [-0.2, 0) is 14.3 Å². The highest BCUT2D eigenvalue weighted by molar-refractivity contribution is 5.87. The molecule has 0 aromatic heterocycles. The molecule has 1 N–H and O–H groups in total. The number of carbonyl (C=O) groups excluding carboxylic acids is 2. The van der Waals surface area contributed by atoms with Gasteiger partial charge in [0, 0.05) is 12.5 Å². The number of esters is 1. The van der Waals surface area contributed by atoms with Crippen molar-refractivity contribution in [3.63, 3.8) is 0 Å². The topological polar surface area (TPSA) is 73.9 Å². The minimum absolute atomic E-state index is 0.0890. The minimum Gasteiger partial charge on any atom is -0.493 e. The van der Waals surface area contributed by atoms with Crippen LogP contribution in [0.2, 0.25) is 0 Å². The van der Waals surface area contributed by atoms with Gasteiger partial charge in [0.25, 0.3) is 0 Å². The lowest BCUT2D eigenvalue weighted by Gasteiger charge is -2.19. The van der Waals surface area contributed by atoms with E-state index in [0.29, 0.717) is 23.5 Å². The highest BCUT2D eigenvalue weighted by Crippen LogP contribution is 2.31. The van der Waals surface area contributed by atoms with Crippen molar-refractivity contribution in [3.05, 3.63) is 65.7 Å². The first-order chi connectivity index (χ1) is 14.1. The van der Waals surface area contributed by atoms with Crippen LogP contribution in [0, 0.1) is 0 Å². The van der Waals surface area contributed by atoms with Gasteiger partial charge < -0.3 is 19.5 Å². The van der Waals surface area contributed by atoms with Crippen LogP contribution in [-0.4, -0.2) is 32.6 Å². The molecule has 2 aromatic carbocycles. The molecule has 0 radical (unpaired) electrons. The molecule has 2 rings (SSSR count). The van der Waals surface area contributed by atoms with Crippen molar-refractivity contribution < 1.29 is 23.8 Å². The molecule has 6 nitrogen and oxygen atoms in total. The average molecular weight is 397 g/mol. The van der Waals surface area contributed by atoms with Gasteiger partial charge in [-0.05, 0) is 35.8 Å². The van der Waals surface area contributed by atoms with Crippen LogP contribution in [0.15, 0.2) is 54.6 Å². The number of methoxy groups -OCH3 is 2. The molecule has 2 aromatic rings. The number of amides is 1. The molecular formula is C23H27NO5. The Bertz CT molecular complexity index is 832. The second-order valence-electron chi connectivity index (χ2n) is 6.34. The number of carbonyl (C=O) groups is 2. The van der Waals surface area contributed by atoms with Gasteiger partial charge in [0.05, 0.1) is 20.8 Å². The van der Waals surface area contributed by atoms with E-state index < -0.39 is 12.1 Å². The summed E-state index contributed by atoms with van der Waals surface area (Å²) in [6, 6.07) is 14.7. The summed E-state index contributed by atoms with van der Waals surface area (Å²) in [4.78, 5) is 24.3. The third-order valence-electron chi connectivity index (χ3n) is 4.21. The average Bonchev–Trinajstić information content (AvgIpc) is 2.75. The predicted molar refractivity (Wildman–Crippen MR) is 112 cm³/mol. The lowest BCUT2D eigenvalue weighted by atomic mass is 10.1. The second kappa shape index (κ2) is 11.5. The number of benzene rings is 2. The van der Waals surface area contributed by atoms with Gasteiger partial charge in [-0.25, -0.2) is 4.79 Å². The lowest BCUT2D eigenvalue weighted by molar-refractivity contribution is -0.143. The fourth-order valence-corrected chi connectivity index (χ4v) is 2.71. The van der Waals surface area contributed by atoms with Crippen LogP contribution in [0.1, 0.15) is 37.0 Å². The molecule has 1 amide bonds. The van der Waals surface area contributed by atoms with Gasteiger partial charge in [-0.3, -0.25) is 4.79 Å². The van der Waals surface area contributed by atoms with Crippen molar-refractivity contribution in [2.75, 3.05) is 20.8 Å². The van der Waals surface area contributed by atoms with Crippen LogP contribution in [0.4, 0.5) is 0 Å². The maximum Gasteiger partial charge on any atom is 0.331 e. The Morgan fingerprint density at radius 1 is 1.03 bits per heavy atom. The molecule has 1 unspecified atom stereocenters. The Hall–Kier alpha value is -3.28. The fourth-order valence-electron chi connectivity index (χ4n) is 2.71. The molecule has 0 bridgehead atoms. The van der Waals surface area contributed by atoms with Gasteiger partial charge in [0.2, 0.25) is 5.91 Å². The Balaban J connectivity index is 2.17. The largest absolute Gasteiger partial charge is 0.493 e. The van der Waals surface area contributed by atoms with Gasteiger partial charge in [0.1, 0.15) is 6.10 Å². The molecule has 0 aliphatic heterocycles. The Kier molecular flexibility index (Phi) is 8.76. The van der Waals surface area contributed by atoms with Crippen LogP contribution < -0.4 is 14.8 Å². The van der Waals surface area contributed by atoms with E-state index in [1.54, 1.807) is 31.4 Å². The Morgan fingerprint density at radius 2 is 1.76 bits per heavy atom. The first-order valence-corrected chi connectivity index (χ1v) is 9.49. The number of ether oxygens (including phenoxy) is 3. The Morgan fingerprint density at radius 3 is 2.41 bits per heavy atom.